The van der Waals surface area contributed by atoms with Gasteiger partial charge in [-0.3, -0.25) is 4.79 Å². The average molecular weight is 363 g/mol. The number of carbonyl (C=O) groups is 1. The van der Waals surface area contributed by atoms with E-state index in [1.54, 1.807) is 0 Å². The molecule has 8 heteroatoms. The third kappa shape index (κ3) is 4.84. The maximum absolute atomic E-state index is 12.4. The van der Waals surface area contributed by atoms with Crippen molar-refractivity contribution in [2.75, 3.05) is 6.54 Å². The number of nitrogens with one attached hydrogen (secondary N) is 1. The van der Waals surface area contributed by atoms with Crippen LogP contribution in [0, 0.1) is 0 Å². The van der Waals surface area contributed by atoms with E-state index in [0.29, 0.717) is 12.0 Å². The number of rotatable bonds is 4. The highest BCUT2D eigenvalue weighted by Gasteiger charge is 2.29. The van der Waals surface area contributed by atoms with Gasteiger partial charge in [0, 0.05) is 12.7 Å². The number of carbonyl (C=O) groups excluding carboxylic acids is 1. The van der Waals surface area contributed by atoms with Crippen molar-refractivity contribution < 1.29 is 18.0 Å². The summed E-state index contributed by atoms with van der Waals surface area (Å²) >= 11 is 11.4. The molecule has 1 N–H and O–H groups in total. The van der Waals surface area contributed by atoms with Crippen molar-refractivity contribution in [2.45, 2.75) is 12.6 Å². The Bertz CT molecular complexity index is 703. The Morgan fingerprint density at radius 3 is 2.39 bits per heavy atom. The molecule has 0 aliphatic rings. The molecule has 1 heterocycles. The molecule has 0 atom stereocenters. The molecule has 23 heavy (non-hydrogen) atoms. The van der Waals surface area contributed by atoms with Crippen LogP contribution in [-0.2, 0) is 12.6 Å². The zero-order valence-corrected chi connectivity index (χ0v) is 13.1. The van der Waals surface area contributed by atoms with E-state index in [1.165, 1.54) is 24.4 Å². The van der Waals surface area contributed by atoms with Crippen LogP contribution >= 0.6 is 23.2 Å². The van der Waals surface area contributed by atoms with E-state index in [1.807, 2.05) is 0 Å². The van der Waals surface area contributed by atoms with E-state index in [9.17, 15) is 18.0 Å². The van der Waals surface area contributed by atoms with Crippen LogP contribution in [0.15, 0.2) is 36.5 Å². The van der Waals surface area contributed by atoms with Crippen LogP contribution in [0.2, 0.25) is 10.2 Å². The summed E-state index contributed by atoms with van der Waals surface area (Å²) in [5.74, 6) is -0.386. The van der Waals surface area contributed by atoms with E-state index in [0.717, 1.165) is 12.1 Å². The summed E-state index contributed by atoms with van der Waals surface area (Å²) in [6.07, 6.45) is -2.66. The first-order valence-corrected chi connectivity index (χ1v) is 7.28. The highest BCUT2D eigenvalue weighted by Crippen LogP contribution is 2.29. The fraction of sp³-hybridized carbons (Fsp3) is 0.200. The molecule has 1 amide bonds. The molecule has 1 aromatic carbocycles. The highest BCUT2D eigenvalue weighted by molar-refractivity contribution is 6.41. The Morgan fingerprint density at radius 1 is 1.17 bits per heavy atom. The molecule has 2 rings (SSSR count). The number of halogens is 5. The van der Waals surface area contributed by atoms with Gasteiger partial charge in [-0.1, -0.05) is 35.3 Å². The number of amides is 1. The van der Waals surface area contributed by atoms with Gasteiger partial charge in [-0.05, 0) is 30.2 Å². The Morgan fingerprint density at radius 2 is 1.83 bits per heavy atom. The lowest BCUT2D eigenvalue weighted by Gasteiger charge is -2.08. The van der Waals surface area contributed by atoms with Crippen LogP contribution in [-0.4, -0.2) is 17.4 Å². The number of hydrogen-bond donors (Lipinski definition) is 1. The second-order valence-electron chi connectivity index (χ2n) is 4.70. The van der Waals surface area contributed by atoms with E-state index in [2.05, 4.69) is 10.3 Å². The minimum Gasteiger partial charge on any atom is -0.352 e. The summed E-state index contributed by atoms with van der Waals surface area (Å²) in [7, 11) is 0. The lowest BCUT2D eigenvalue weighted by atomic mass is 10.1. The van der Waals surface area contributed by atoms with Crippen molar-refractivity contribution in [2.24, 2.45) is 0 Å². The van der Waals surface area contributed by atoms with Crippen molar-refractivity contribution in [3.63, 3.8) is 0 Å². The molecule has 0 saturated heterocycles. The molecular formula is C15H11Cl2F3N2O. The van der Waals surface area contributed by atoms with Gasteiger partial charge in [0.05, 0.1) is 16.1 Å². The van der Waals surface area contributed by atoms with Gasteiger partial charge < -0.3 is 5.32 Å². The van der Waals surface area contributed by atoms with Gasteiger partial charge in [-0.2, -0.15) is 13.2 Å². The fourth-order valence-corrected chi connectivity index (χ4v) is 2.10. The molecule has 1 aromatic heterocycles. The van der Waals surface area contributed by atoms with E-state index in [4.69, 9.17) is 23.2 Å². The van der Waals surface area contributed by atoms with Crippen LogP contribution < -0.4 is 5.32 Å². The summed E-state index contributed by atoms with van der Waals surface area (Å²) in [6.45, 7) is 0.268. The van der Waals surface area contributed by atoms with Gasteiger partial charge >= 0.3 is 6.18 Å². The third-order valence-electron chi connectivity index (χ3n) is 3.04. The van der Waals surface area contributed by atoms with Crippen LogP contribution in [0.1, 0.15) is 21.5 Å². The van der Waals surface area contributed by atoms with Crippen LogP contribution in [0.4, 0.5) is 13.2 Å². The second kappa shape index (κ2) is 7.19. The SMILES string of the molecule is O=C(NCCc1ccc(C(F)(F)F)cc1)c1cnc(Cl)c(Cl)c1. The Kier molecular flexibility index (Phi) is 5.49. The predicted molar refractivity (Wildman–Crippen MR) is 81.7 cm³/mol. The number of benzene rings is 1. The minimum absolute atomic E-state index is 0.105. The minimum atomic E-state index is -4.35. The zero-order chi connectivity index (χ0) is 17.0. The van der Waals surface area contributed by atoms with Crippen molar-refractivity contribution in [1.82, 2.24) is 10.3 Å². The van der Waals surface area contributed by atoms with Gasteiger partial charge in [-0.25, -0.2) is 4.98 Å². The van der Waals surface area contributed by atoms with Gasteiger partial charge in [0.2, 0.25) is 0 Å². The van der Waals surface area contributed by atoms with Crippen molar-refractivity contribution in [1.29, 1.82) is 0 Å². The first-order valence-electron chi connectivity index (χ1n) is 6.53. The molecule has 0 aliphatic carbocycles. The lowest BCUT2D eigenvalue weighted by molar-refractivity contribution is -0.137. The molecule has 0 radical (unpaired) electrons. The van der Waals surface area contributed by atoms with Crippen molar-refractivity contribution >= 4 is 29.1 Å². The summed E-state index contributed by atoms with van der Waals surface area (Å²) in [5, 5.41) is 2.91. The topological polar surface area (TPSA) is 42.0 Å². The molecule has 3 nitrogen and oxygen atoms in total. The molecular weight excluding hydrogens is 352 g/mol. The molecule has 0 fully saturated rings. The fourth-order valence-electron chi connectivity index (χ4n) is 1.83. The number of pyridine rings is 1. The standard InChI is InChI=1S/C15H11Cl2F3N2O/c16-12-7-10(8-22-13(12)17)14(23)21-6-5-9-1-3-11(4-2-9)15(18,19)20/h1-4,7-8H,5-6H2,(H,21,23). The molecule has 0 bridgehead atoms. The molecule has 0 saturated carbocycles. The summed E-state index contributed by atoms with van der Waals surface area (Å²) in [6, 6.07) is 6.19. The first-order chi connectivity index (χ1) is 10.8. The maximum Gasteiger partial charge on any atom is 0.416 e. The monoisotopic (exact) mass is 362 g/mol. The zero-order valence-electron chi connectivity index (χ0n) is 11.6. The molecule has 0 spiro atoms. The number of aromatic nitrogens is 1. The molecule has 122 valence electrons. The van der Waals surface area contributed by atoms with Gasteiger partial charge in [0.1, 0.15) is 5.15 Å². The van der Waals surface area contributed by atoms with Crippen LogP contribution in [0.3, 0.4) is 0 Å². The smallest absolute Gasteiger partial charge is 0.352 e. The van der Waals surface area contributed by atoms with Crippen LogP contribution in [0.5, 0.6) is 0 Å². The summed E-state index contributed by atoms with van der Waals surface area (Å²) < 4.78 is 37.3. The van der Waals surface area contributed by atoms with Gasteiger partial charge in [-0.15, -0.1) is 0 Å². The Hall–Kier alpha value is -1.79. The van der Waals surface area contributed by atoms with Gasteiger partial charge in [0.15, 0.2) is 0 Å². The molecule has 0 aliphatic heterocycles. The largest absolute Gasteiger partial charge is 0.416 e. The van der Waals surface area contributed by atoms with E-state index < -0.39 is 11.7 Å². The van der Waals surface area contributed by atoms with E-state index in [-0.39, 0.29) is 28.2 Å². The van der Waals surface area contributed by atoms with Crippen molar-refractivity contribution in [3.8, 4) is 0 Å². The maximum atomic E-state index is 12.4. The third-order valence-corrected chi connectivity index (χ3v) is 3.73. The molecule has 0 unspecified atom stereocenters. The predicted octanol–water partition coefficient (Wildman–Crippen LogP) is 4.38. The molecule has 2 aromatic rings. The normalized spacial score (nSPS) is 11.3. The first kappa shape index (κ1) is 17.6. The Labute approximate surface area is 140 Å². The summed E-state index contributed by atoms with van der Waals surface area (Å²) in [5.41, 5.74) is 0.240. The number of nitrogens with zero attached hydrogens (tertiary/aromatic N) is 1. The quantitative estimate of drug-likeness (QED) is 0.820. The lowest BCUT2D eigenvalue weighted by Crippen LogP contribution is -2.25. The van der Waals surface area contributed by atoms with Crippen LogP contribution in [0.25, 0.3) is 0 Å². The Balaban J connectivity index is 1.89. The highest BCUT2D eigenvalue weighted by atomic mass is 35.5. The average Bonchev–Trinajstić information content (AvgIpc) is 2.49. The van der Waals surface area contributed by atoms with Gasteiger partial charge in [0.25, 0.3) is 5.91 Å². The van der Waals surface area contributed by atoms with Crippen molar-refractivity contribution in [3.05, 3.63) is 63.4 Å². The number of alkyl halides is 3. The van der Waals surface area contributed by atoms with E-state index >= 15 is 0 Å². The summed E-state index contributed by atoms with van der Waals surface area (Å²) in [4.78, 5) is 15.6. The second-order valence-corrected chi connectivity index (χ2v) is 5.46. The number of hydrogen-bond acceptors (Lipinski definition) is 2.